The summed E-state index contributed by atoms with van der Waals surface area (Å²) < 4.78 is 1.06. The fraction of sp³-hybridized carbons (Fsp3) is 0.500. The van der Waals surface area contributed by atoms with E-state index in [1.54, 1.807) is 6.33 Å². The molecule has 2 atom stereocenters. The number of aromatic nitrogens is 3. The van der Waals surface area contributed by atoms with Crippen molar-refractivity contribution < 1.29 is 0 Å². The Balaban J connectivity index is 1.28. The van der Waals surface area contributed by atoms with Crippen molar-refractivity contribution in [3.05, 3.63) is 46.6 Å². The summed E-state index contributed by atoms with van der Waals surface area (Å²) >= 11 is 3.51. The van der Waals surface area contributed by atoms with Crippen molar-refractivity contribution in [1.82, 2.24) is 19.9 Å². The quantitative estimate of drug-likeness (QED) is 0.809. The van der Waals surface area contributed by atoms with Crippen molar-refractivity contribution in [2.45, 2.75) is 43.8 Å². The van der Waals surface area contributed by atoms with E-state index in [1.807, 2.05) is 12.4 Å². The summed E-state index contributed by atoms with van der Waals surface area (Å²) in [4.78, 5) is 18.3. The van der Waals surface area contributed by atoms with Crippen LogP contribution in [0.5, 0.6) is 0 Å². The van der Waals surface area contributed by atoms with Gasteiger partial charge >= 0.3 is 0 Å². The van der Waals surface area contributed by atoms with Crippen molar-refractivity contribution in [2.24, 2.45) is 0 Å². The Morgan fingerprint density at radius 1 is 1.08 bits per heavy atom. The van der Waals surface area contributed by atoms with Gasteiger partial charge in [-0.15, -0.1) is 0 Å². The van der Waals surface area contributed by atoms with Crippen LogP contribution in [0.25, 0.3) is 0 Å². The number of pyridine rings is 1. The smallest absolute Gasteiger partial charge is 0.132 e. The first kappa shape index (κ1) is 14.8. The molecule has 124 valence electrons. The lowest BCUT2D eigenvalue weighted by Gasteiger charge is -2.56. The molecule has 1 aliphatic carbocycles. The van der Waals surface area contributed by atoms with E-state index in [4.69, 9.17) is 0 Å². The van der Waals surface area contributed by atoms with Crippen LogP contribution in [0.15, 0.2) is 35.3 Å². The first-order valence-corrected chi connectivity index (χ1v) is 9.47. The summed E-state index contributed by atoms with van der Waals surface area (Å²) in [7, 11) is 0. The lowest BCUT2D eigenvalue weighted by molar-refractivity contribution is -0.00878. The first-order valence-electron chi connectivity index (χ1n) is 8.68. The maximum Gasteiger partial charge on any atom is 0.132 e. The van der Waals surface area contributed by atoms with E-state index in [-0.39, 0.29) is 0 Å². The molecule has 6 heteroatoms. The van der Waals surface area contributed by atoms with Gasteiger partial charge in [0.2, 0.25) is 0 Å². The molecule has 3 aliphatic heterocycles. The molecule has 5 nitrogen and oxygen atoms in total. The average Bonchev–Trinajstić information content (AvgIpc) is 3.45. The highest BCUT2D eigenvalue weighted by Crippen LogP contribution is 2.40. The van der Waals surface area contributed by atoms with Crippen molar-refractivity contribution in [3.63, 3.8) is 0 Å². The van der Waals surface area contributed by atoms with E-state index < -0.39 is 0 Å². The molecule has 0 N–H and O–H groups in total. The molecule has 2 aromatic heterocycles. The molecule has 2 aromatic rings. The molecule has 0 aromatic carbocycles. The van der Waals surface area contributed by atoms with Crippen LogP contribution in [-0.4, -0.2) is 45.0 Å². The van der Waals surface area contributed by atoms with Gasteiger partial charge in [-0.3, -0.25) is 9.88 Å². The molecule has 2 unspecified atom stereocenters. The maximum absolute atomic E-state index is 4.53. The second-order valence-electron chi connectivity index (χ2n) is 7.21. The van der Waals surface area contributed by atoms with Crippen LogP contribution in [-0.2, 0) is 6.54 Å². The Bertz CT molecular complexity index is 751. The van der Waals surface area contributed by atoms with Crippen molar-refractivity contribution in [1.29, 1.82) is 0 Å². The molecule has 6 rings (SSSR count). The molecule has 3 saturated heterocycles. The molecule has 1 saturated carbocycles. The van der Waals surface area contributed by atoms with Crippen LogP contribution in [0.4, 0.5) is 5.82 Å². The molecule has 4 fully saturated rings. The Morgan fingerprint density at radius 3 is 2.67 bits per heavy atom. The second-order valence-corrected chi connectivity index (χ2v) is 8.12. The molecule has 0 amide bonds. The van der Waals surface area contributed by atoms with E-state index in [0.717, 1.165) is 29.9 Å². The highest BCUT2D eigenvalue weighted by atomic mass is 79.9. The average molecular weight is 386 g/mol. The topological polar surface area (TPSA) is 45.2 Å². The molecule has 2 bridgehead atoms. The van der Waals surface area contributed by atoms with Gasteiger partial charge < -0.3 is 4.90 Å². The zero-order chi connectivity index (χ0) is 16.1. The number of rotatable bonds is 4. The molecule has 24 heavy (non-hydrogen) atoms. The minimum Gasteiger partial charge on any atom is -0.353 e. The fourth-order valence-electron chi connectivity index (χ4n) is 4.02. The van der Waals surface area contributed by atoms with Gasteiger partial charge in [0.25, 0.3) is 0 Å². The van der Waals surface area contributed by atoms with Gasteiger partial charge in [0, 0.05) is 66.3 Å². The summed E-state index contributed by atoms with van der Waals surface area (Å²) in [6.07, 6.45) is 9.44. The lowest BCUT2D eigenvalue weighted by atomic mass is 9.87. The van der Waals surface area contributed by atoms with Crippen molar-refractivity contribution >= 4 is 21.7 Å². The molecule has 0 spiro atoms. The maximum atomic E-state index is 4.53. The number of anilines is 1. The van der Waals surface area contributed by atoms with E-state index in [2.05, 4.69) is 52.8 Å². The third-order valence-corrected chi connectivity index (χ3v) is 5.90. The van der Waals surface area contributed by atoms with Crippen LogP contribution in [0.1, 0.15) is 36.4 Å². The van der Waals surface area contributed by atoms with Gasteiger partial charge in [-0.05, 0) is 46.8 Å². The number of hydrogen-bond acceptors (Lipinski definition) is 5. The molecule has 5 heterocycles. The third kappa shape index (κ3) is 2.71. The van der Waals surface area contributed by atoms with E-state index in [0.29, 0.717) is 18.0 Å². The predicted octanol–water partition coefficient (Wildman–Crippen LogP) is 2.97. The van der Waals surface area contributed by atoms with Crippen LogP contribution < -0.4 is 4.90 Å². The van der Waals surface area contributed by atoms with E-state index in [9.17, 15) is 0 Å². The minimum atomic E-state index is 0.627. The minimum absolute atomic E-state index is 0.627. The van der Waals surface area contributed by atoms with E-state index >= 15 is 0 Å². The van der Waals surface area contributed by atoms with Crippen molar-refractivity contribution in [3.8, 4) is 0 Å². The Morgan fingerprint density at radius 2 is 1.92 bits per heavy atom. The summed E-state index contributed by atoms with van der Waals surface area (Å²) in [6.45, 7) is 3.13. The first-order chi connectivity index (χ1) is 11.8. The number of nitrogens with zero attached hydrogens (tertiary/aromatic N) is 5. The molecule has 0 radical (unpaired) electrons. The fourth-order valence-corrected chi connectivity index (χ4v) is 4.43. The van der Waals surface area contributed by atoms with Gasteiger partial charge in [-0.25, -0.2) is 9.97 Å². The van der Waals surface area contributed by atoms with Crippen molar-refractivity contribution in [2.75, 3.05) is 18.0 Å². The number of piperazine rings is 1. The highest BCUT2D eigenvalue weighted by molar-refractivity contribution is 9.10. The lowest BCUT2D eigenvalue weighted by Crippen LogP contribution is -2.68. The monoisotopic (exact) mass is 385 g/mol. The van der Waals surface area contributed by atoms with E-state index in [1.165, 1.54) is 30.5 Å². The summed E-state index contributed by atoms with van der Waals surface area (Å²) in [5.74, 6) is 1.80. The van der Waals surface area contributed by atoms with Crippen LogP contribution in [0, 0.1) is 0 Å². The largest absolute Gasteiger partial charge is 0.353 e. The Hall–Kier alpha value is -1.53. The normalized spacial score (nSPS) is 26.3. The highest BCUT2D eigenvalue weighted by Gasteiger charge is 2.44. The Kier molecular flexibility index (Phi) is 3.56. The van der Waals surface area contributed by atoms with Gasteiger partial charge in [-0.1, -0.05) is 0 Å². The molecule has 4 aliphatic rings. The van der Waals surface area contributed by atoms with Gasteiger partial charge in [-0.2, -0.15) is 0 Å². The summed E-state index contributed by atoms with van der Waals surface area (Å²) in [6, 6.07) is 5.64. The standard InChI is InChI=1S/C18H20BrN5/c19-14-3-12(6-20-7-14)8-24-15-4-16(24)10-23(9-15)18-5-17(13-1-2-13)21-11-22-18/h3,5-7,11,13,15-16H,1-2,4,8-10H2. The number of halogens is 1. The number of piperidine rings is 1. The summed E-state index contributed by atoms with van der Waals surface area (Å²) in [5.41, 5.74) is 2.52. The third-order valence-electron chi connectivity index (χ3n) is 5.46. The zero-order valence-corrected chi connectivity index (χ0v) is 15.1. The SMILES string of the molecule is Brc1cncc(CN2C3CC2CN(c2cc(C4CC4)ncn2)C3)c1. The summed E-state index contributed by atoms with van der Waals surface area (Å²) in [5, 5.41) is 0. The number of hydrogen-bond donors (Lipinski definition) is 0. The van der Waals surface area contributed by atoms with Crippen LogP contribution in [0.2, 0.25) is 0 Å². The van der Waals surface area contributed by atoms with Gasteiger partial charge in [0.05, 0.1) is 0 Å². The Labute approximate surface area is 150 Å². The number of fused-ring (bicyclic) bond motifs is 2. The van der Waals surface area contributed by atoms with Gasteiger partial charge in [0.1, 0.15) is 12.1 Å². The second kappa shape index (κ2) is 5.77. The van der Waals surface area contributed by atoms with Crippen LogP contribution in [0.3, 0.4) is 0 Å². The molecular formula is C18H20BrN5. The van der Waals surface area contributed by atoms with Crippen LogP contribution >= 0.6 is 15.9 Å². The van der Waals surface area contributed by atoms with Gasteiger partial charge in [0.15, 0.2) is 0 Å². The zero-order valence-electron chi connectivity index (χ0n) is 13.5. The molecular weight excluding hydrogens is 366 g/mol. The predicted molar refractivity (Wildman–Crippen MR) is 95.9 cm³/mol.